The molecular weight excluding hydrogens is 258 g/mol. The normalized spacial score (nSPS) is 19.8. The number of nitrogens with zero attached hydrogens (tertiary/aromatic N) is 1. The Kier molecular flexibility index (Phi) is 5.52. The fourth-order valence-corrected chi connectivity index (χ4v) is 2.24. The van der Waals surface area contributed by atoms with Crippen LogP contribution in [0.3, 0.4) is 0 Å². The molecule has 1 heterocycles. The Morgan fingerprint density at radius 3 is 2.85 bits per heavy atom. The third-order valence-corrected chi connectivity index (χ3v) is 3.39. The van der Waals surface area contributed by atoms with E-state index in [4.69, 9.17) is 9.47 Å². The first kappa shape index (κ1) is 15.0. The fraction of sp³-hybridized carbons (Fsp3) is 0.533. The van der Waals surface area contributed by atoms with E-state index in [-0.39, 0.29) is 18.4 Å². The molecule has 1 unspecified atom stereocenters. The van der Waals surface area contributed by atoms with E-state index < -0.39 is 0 Å². The van der Waals surface area contributed by atoms with Crippen LogP contribution >= 0.6 is 0 Å². The molecule has 2 rings (SSSR count). The highest BCUT2D eigenvalue weighted by molar-refractivity contribution is 5.97. The standard InChI is InChI=1S/C15H21NO4/c1-2-20-14-5-3-12(4-6-14)15(18)9-16-7-8-19-11-13(16)10-17/h3-6,13,17H,2,7-11H2,1H3. The molecule has 1 atom stereocenters. The quantitative estimate of drug-likeness (QED) is 0.786. The maximum Gasteiger partial charge on any atom is 0.176 e. The molecule has 110 valence electrons. The van der Waals surface area contributed by atoms with Crippen LogP contribution in [0.25, 0.3) is 0 Å². The molecule has 1 aliphatic rings. The second-order valence-electron chi connectivity index (χ2n) is 4.76. The average Bonchev–Trinajstić information content (AvgIpc) is 2.49. The van der Waals surface area contributed by atoms with Gasteiger partial charge in [-0.1, -0.05) is 0 Å². The van der Waals surface area contributed by atoms with E-state index in [2.05, 4.69) is 0 Å². The van der Waals surface area contributed by atoms with Gasteiger partial charge in [-0.05, 0) is 31.2 Å². The maximum atomic E-state index is 12.2. The van der Waals surface area contributed by atoms with Gasteiger partial charge in [0.15, 0.2) is 5.78 Å². The summed E-state index contributed by atoms with van der Waals surface area (Å²) < 4.78 is 10.7. The van der Waals surface area contributed by atoms with E-state index in [0.717, 1.165) is 5.75 Å². The molecule has 1 fully saturated rings. The Labute approximate surface area is 119 Å². The van der Waals surface area contributed by atoms with Crippen LogP contribution in [0.15, 0.2) is 24.3 Å². The summed E-state index contributed by atoms with van der Waals surface area (Å²) in [6, 6.07) is 7.08. The van der Waals surface area contributed by atoms with Crippen molar-refractivity contribution in [2.45, 2.75) is 13.0 Å². The number of aliphatic hydroxyl groups is 1. The molecular formula is C15H21NO4. The Morgan fingerprint density at radius 2 is 2.20 bits per heavy atom. The number of carbonyl (C=O) groups excluding carboxylic acids is 1. The van der Waals surface area contributed by atoms with E-state index >= 15 is 0 Å². The molecule has 1 saturated heterocycles. The first-order valence-corrected chi connectivity index (χ1v) is 6.93. The monoisotopic (exact) mass is 279 g/mol. The second-order valence-corrected chi connectivity index (χ2v) is 4.76. The first-order valence-electron chi connectivity index (χ1n) is 6.93. The number of ether oxygens (including phenoxy) is 2. The van der Waals surface area contributed by atoms with Crippen molar-refractivity contribution in [3.8, 4) is 5.75 Å². The zero-order valence-corrected chi connectivity index (χ0v) is 11.7. The van der Waals surface area contributed by atoms with Crippen LogP contribution < -0.4 is 4.74 Å². The minimum Gasteiger partial charge on any atom is -0.494 e. The highest BCUT2D eigenvalue weighted by Crippen LogP contribution is 2.14. The highest BCUT2D eigenvalue weighted by Gasteiger charge is 2.24. The van der Waals surface area contributed by atoms with Gasteiger partial charge in [-0.3, -0.25) is 9.69 Å². The topological polar surface area (TPSA) is 59.0 Å². The molecule has 0 radical (unpaired) electrons. The molecule has 0 aromatic heterocycles. The van der Waals surface area contributed by atoms with Gasteiger partial charge in [0.25, 0.3) is 0 Å². The molecule has 1 aliphatic heterocycles. The minimum absolute atomic E-state index is 0.0105. The summed E-state index contributed by atoms with van der Waals surface area (Å²) in [6.07, 6.45) is 0. The molecule has 20 heavy (non-hydrogen) atoms. The number of hydrogen-bond donors (Lipinski definition) is 1. The Balaban J connectivity index is 1.96. The highest BCUT2D eigenvalue weighted by atomic mass is 16.5. The van der Waals surface area contributed by atoms with Gasteiger partial charge in [-0.2, -0.15) is 0 Å². The summed E-state index contributed by atoms with van der Waals surface area (Å²) in [5.74, 6) is 0.817. The van der Waals surface area contributed by atoms with Gasteiger partial charge < -0.3 is 14.6 Å². The van der Waals surface area contributed by atoms with Crippen molar-refractivity contribution in [1.29, 1.82) is 0 Å². The van der Waals surface area contributed by atoms with Crippen LogP contribution in [0.4, 0.5) is 0 Å². The smallest absolute Gasteiger partial charge is 0.176 e. The first-order chi connectivity index (χ1) is 9.74. The van der Waals surface area contributed by atoms with Crippen molar-refractivity contribution in [3.05, 3.63) is 29.8 Å². The summed E-state index contributed by atoms with van der Waals surface area (Å²) in [5, 5.41) is 9.29. The predicted octanol–water partition coefficient (Wildman–Crippen LogP) is 0.961. The van der Waals surface area contributed by atoms with Gasteiger partial charge >= 0.3 is 0 Å². The largest absolute Gasteiger partial charge is 0.494 e. The molecule has 1 aromatic rings. The lowest BCUT2D eigenvalue weighted by atomic mass is 10.1. The molecule has 5 heteroatoms. The van der Waals surface area contributed by atoms with Gasteiger partial charge in [0.2, 0.25) is 0 Å². The Hall–Kier alpha value is -1.43. The molecule has 5 nitrogen and oxygen atoms in total. The molecule has 1 aromatic carbocycles. The van der Waals surface area contributed by atoms with Crippen LogP contribution in [0.5, 0.6) is 5.75 Å². The number of aliphatic hydroxyl groups excluding tert-OH is 1. The van der Waals surface area contributed by atoms with Crippen LogP contribution in [0.2, 0.25) is 0 Å². The minimum atomic E-state index is -0.0876. The zero-order valence-electron chi connectivity index (χ0n) is 11.7. The van der Waals surface area contributed by atoms with Gasteiger partial charge in [0.1, 0.15) is 5.75 Å². The number of benzene rings is 1. The fourth-order valence-electron chi connectivity index (χ4n) is 2.24. The summed E-state index contributed by atoms with van der Waals surface area (Å²) >= 11 is 0. The van der Waals surface area contributed by atoms with Crippen molar-refractivity contribution in [2.75, 3.05) is 39.5 Å². The molecule has 0 amide bonds. The van der Waals surface area contributed by atoms with E-state index in [1.165, 1.54) is 0 Å². The van der Waals surface area contributed by atoms with Gasteiger partial charge in [0.05, 0.1) is 39.0 Å². The summed E-state index contributed by atoms with van der Waals surface area (Å²) in [7, 11) is 0. The Bertz CT molecular complexity index is 432. The van der Waals surface area contributed by atoms with Crippen LogP contribution in [0.1, 0.15) is 17.3 Å². The summed E-state index contributed by atoms with van der Waals surface area (Å²) in [6.45, 7) is 4.61. The second kappa shape index (κ2) is 7.38. The Morgan fingerprint density at radius 1 is 1.45 bits per heavy atom. The summed E-state index contributed by atoms with van der Waals surface area (Å²) in [4.78, 5) is 14.2. The average molecular weight is 279 g/mol. The predicted molar refractivity (Wildman–Crippen MR) is 75.2 cm³/mol. The lowest BCUT2D eigenvalue weighted by molar-refractivity contribution is -0.0240. The van der Waals surface area contributed by atoms with Crippen molar-refractivity contribution in [2.24, 2.45) is 0 Å². The van der Waals surface area contributed by atoms with Gasteiger partial charge in [-0.15, -0.1) is 0 Å². The number of Topliss-reactive ketones (excluding diaryl/α,β-unsaturated/α-hetero) is 1. The van der Waals surface area contributed by atoms with Crippen molar-refractivity contribution >= 4 is 5.78 Å². The lowest BCUT2D eigenvalue weighted by Crippen LogP contribution is -2.49. The van der Waals surface area contributed by atoms with Gasteiger partial charge in [-0.25, -0.2) is 0 Å². The molecule has 0 bridgehead atoms. The van der Waals surface area contributed by atoms with E-state index in [9.17, 15) is 9.90 Å². The third-order valence-electron chi connectivity index (χ3n) is 3.39. The SMILES string of the molecule is CCOc1ccc(C(=O)CN2CCOCC2CO)cc1. The molecule has 0 saturated carbocycles. The number of hydrogen-bond acceptors (Lipinski definition) is 5. The van der Waals surface area contributed by atoms with Crippen molar-refractivity contribution in [3.63, 3.8) is 0 Å². The molecule has 0 aliphatic carbocycles. The van der Waals surface area contributed by atoms with E-state index in [1.54, 1.807) is 24.3 Å². The van der Waals surface area contributed by atoms with Gasteiger partial charge in [0, 0.05) is 12.1 Å². The van der Waals surface area contributed by atoms with E-state index in [0.29, 0.717) is 38.5 Å². The van der Waals surface area contributed by atoms with E-state index in [1.807, 2.05) is 11.8 Å². The lowest BCUT2D eigenvalue weighted by Gasteiger charge is -2.33. The van der Waals surface area contributed by atoms with Crippen LogP contribution in [-0.4, -0.2) is 61.3 Å². The number of ketones is 1. The third kappa shape index (κ3) is 3.79. The number of carbonyl (C=O) groups is 1. The van der Waals surface area contributed by atoms with Crippen molar-refractivity contribution in [1.82, 2.24) is 4.90 Å². The zero-order chi connectivity index (χ0) is 14.4. The maximum absolute atomic E-state index is 12.2. The molecule has 1 N–H and O–H groups in total. The van der Waals surface area contributed by atoms with Crippen molar-refractivity contribution < 1.29 is 19.4 Å². The molecule has 0 spiro atoms. The van der Waals surface area contributed by atoms with Crippen LogP contribution in [0, 0.1) is 0 Å². The van der Waals surface area contributed by atoms with Crippen LogP contribution in [-0.2, 0) is 4.74 Å². The number of morpholine rings is 1. The summed E-state index contributed by atoms with van der Waals surface area (Å²) in [5.41, 5.74) is 0.664. The number of rotatable bonds is 6.